The molecule has 5 nitrogen and oxygen atoms in total. The van der Waals surface area contributed by atoms with Gasteiger partial charge in [-0.15, -0.1) is 0 Å². The number of esters is 1. The normalized spacial score (nSPS) is 21.5. The van der Waals surface area contributed by atoms with Gasteiger partial charge in [-0.1, -0.05) is 0 Å². The van der Waals surface area contributed by atoms with Crippen LogP contribution in [0, 0.1) is 0 Å². The Morgan fingerprint density at radius 3 is 2.15 bits per heavy atom. The molecular formula is C12H22F3N3O2. The van der Waals surface area contributed by atoms with Crippen molar-refractivity contribution in [2.75, 3.05) is 46.4 Å². The summed E-state index contributed by atoms with van der Waals surface area (Å²) in [5.74, 6) is -0.479. The van der Waals surface area contributed by atoms with Gasteiger partial charge in [0.25, 0.3) is 0 Å². The number of piperazine rings is 1. The fourth-order valence-electron chi connectivity index (χ4n) is 2.15. The molecule has 20 heavy (non-hydrogen) atoms. The van der Waals surface area contributed by atoms with Crippen molar-refractivity contribution in [1.29, 1.82) is 0 Å². The standard InChI is InChI=1S/C12H22F3N3O2/c1-11(16,10(19)20-2)3-4-17-5-7-18(8-6-17)9-12(13,14)15/h3-9,16H2,1-2H3. The number of halogens is 3. The topological polar surface area (TPSA) is 58.8 Å². The molecule has 1 fully saturated rings. The lowest BCUT2D eigenvalue weighted by molar-refractivity contribution is -0.150. The van der Waals surface area contributed by atoms with E-state index in [0.717, 1.165) is 0 Å². The number of nitrogens with zero attached hydrogens (tertiary/aromatic N) is 2. The van der Waals surface area contributed by atoms with E-state index in [4.69, 9.17) is 5.73 Å². The van der Waals surface area contributed by atoms with Gasteiger partial charge in [0.05, 0.1) is 13.7 Å². The van der Waals surface area contributed by atoms with Gasteiger partial charge in [-0.25, -0.2) is 0 Å². The van der Waals surface area contributed by atoms with Gasteiger partial charge in [-0.2, -0.15) is 13.2 Å². The fraction of sp³-hybridized carbons (Fsp3) is 0.917. The maximum absolute atomic E-state index is 12.2. The number of hydrogen-bond acceptors (Lipinski definition) is 5. The lowest BCUT2D eigenvalue weighted by Gasteiger charge is -2.36. The number of methoxy groups -OCH3 is 1. The van der Waals surface area contributed by atoms with E-state index >= 15 is 0 Å². The molecule has 1 saturated heterocycles. The van der Waals surface area contributed by atoms with Crippen LogP contribution >= 0.6 is 0 Å². The Kier molecular flexibility index (Phi) is 5.79. The molecule has 0 aliphatic carbocycles. The molecule has 2 N–H and O–H groups in total. The second-order valence-electron chi connectivity index (χ2n) is 5.39. The first kappa shape index (κ1) is 17.2. The average Bonchev–Trinajstić information content (AvgIpc) is 2.35. The Balaban J connectivity index is 2.31. The minimum atomic E-state index is -4.15. The third kappa shape index (κ3) is 5.64. The molecule has 0 radical (unpaired) electrons. The van der Waals surface area contributed by atoms with Crippen LogP contribution in [0.15, 0.2) is 0 Å². The highest BCUT2D eigenvalue weighted by Gasteiger charge is 2.33. The average molecular weight is 297 g/mol. The largest absolute Gasteiger partial charge is 0.468 e. The van der Waals surface area contributed by atoms with E-state index < -0.39 is 24.2 Å². The molecule has 1 aliphatic heterocycles. The second kappa shape index (κ2) is 6.73. The van der Waals surface area contributed by atoms with Gasteiger partial charge in [0, 0.05) is 32.7 Å². The molecule has 0 bridgehead atoms. The minimum absolute atomic E-state index is 0.374. The van der Waals surface area contributed by atoms with Crippen molar-refractivity contribution in [2.24, 2.45) is 5.73 Å². The monoisotopic (exact) mass is 297 g/mol. The SMILES string of the molecule is COC(=O)C(C)(N)CCN1CCN(CC(F)(F)F)CC1. The minimum Gasteiger partial charge on any atom is -0.468 e. The van der Waals surface area contributed by atoms with Crippen LogP contribution in [0.4, 0.5) is 13.2 Å². The zero-order valence-corrected chi connectivity index (χ0v) is 11.9. The summed E-state index contributed by atoms with van der Waals surface area (Å²) in [6, 6.07) is 0. The molecule has 1 atom stereocenters. The van der Waals surface area contributed by atoms with Crippen LogP contribution in [0.1, 0.15) is 13.3 Å². The number of nitrogens with two attached hydrogens (primary N) is 1. The van der Waals surface area contributed by atoms with Gasteiger partial charge in [0.1, 0.15) is 5.54 Å². The van der Waals surface area contributed by atoms with Crippen LogP contribution in [-0.2, 0) is 9.53 Å². The first-order valence-corrected chi connectivity index (χ1v) is 6.53. The van der Waals surface area contributed by atoms with Gasteiger partial charge >= 0.3 is 12.1 Å². The van der Waals surface area contributed by atoms with Crippen molar-refractivity contribution in [1.82, 2.24) is 9.80 Å². The molecule has 0 saturated carbocycles. The lowest BCUT2D eigenvalue weighted by atomic mass is 9.99. The highest BCUT2D eigenvalue weighted by molar-refractivity contribution is 5.79. The molecule has 118 valence electrons. The Hall–Kier alpha value is -0.860. The Morgan fingerprint density at radius 2 is 1.70 bits per heavy atom. The zero-order chi connectivity index (χ0) is 15.4. The van der Waals surface area contributed by atoms with Crippen LogP contribution < -0.4 is 5.73 Å². The molecule has 1 rings (SSSR count). The molecule has 1 heterocycles. The Morgan fingerprint density at radius 1 is 1.20 bits per heavy atom. The number of carbonyl (C=O) groups excluding carboxylic acids is 1. The lowest BCUT2D eigenvalue weighted by Crippen LogP contribution is -2.52. The Labute approximate surface area is 116 Å². The van der Waals surface area contributed by atoms with Gasteiger partial charge < -0.3 is 15.4 Å². The van der Waals surface area contributed by atoms with Crippen LogP contribution in [-0.4, -0.2) is 73.9 Å². The van der Waals surface area contributed by atoms with Crippen molar-refractivity contribution in [2.45, 2.75) is 25.1 Å². The van der Waals surface area contributed by atoms with Crippen LogP contribution in [0.3, 0.4) is 0 Å². The van der Waals surface area contributed by atoms with Crippen LogP contribution in [0.25, 0.3) is 0 Å². The molecule has 1 aliphatic rings. The molecule has 1 unspecified atom stereocenters. The molecule has 0 aromatic carbocycles. The zero-order valence-electron chi connectivity index (χ0n) is 11.9. The van der Waals surface area contributed by atoms with E-state index in [1.807, 2.05) is 4.90 Å². The number of rotatable bonds is 5. The van der Waals surface area contributed by atoms with Gasteiger partial charge in [-0.05, 0) is 13.3 Å². The summed E-state index contributed by atoms with van der Waals surface area (Å²) in [5.41, 5.74) is 4.78. The van der Waals surface area contributed by atoms with Crippen molar-refractivity contribution in [3.05, 3.63) is 0 Å². The molecule has 0 amide bonds. The summed E-state index contributed by atoms with van der Waals surface area (Å²) >= 11 is 0. The van der Waals surface area contributed by atoms with Crippen molar-refractivity contribution in [3.63, 3.8) is 0 Å². The highest BCUT2D eigenvalue weighted by Crippen LogP contribution is 2.18. The van der Waals surface area contributed by atoms with Crippen molar-refractivity contribution in [3.8, 4) is 0 Å². The van der Waals surface area contributed by atoms with E-state index in [9.17, 15) is 18.0 Å². The number of alkyl halides is 3. The first-order valence-electron chi connectivity index (χ1n) is 6.53. The van der Waals surface area contributed by atoms with Gasteiger partial charge in [0.2, 0.25) is 0 Å². The predicted octanol–water partition coefficient (Wildman–Crippen LogP) is 0.447. The fourth-order valence-corrected chi connectivity index (χ4v) is 2.15. The first-order chi connectivity index (χ1) is 9.14. The maximum atomic E-state index is 12.2. The number of carbonyl (C=O) groups is 1. The van der Waals surface area contributed by atoms with Gasteiger partial charge in [-0.3, -0.25) is 9.69 Å². The molecular weight excluding hydrogens is 275 g/mol. The molecule has 0 aromatic rings. The summed E-state index contributed by atoms with van der Waals surface area (Å²) in [4.78, 5) is 14.8. The summed E-state index contributed by atoms with van der Waals surface area (Å²) in [6.45, 7) is 3.15. The highest BCUT2D eigenvalue weighted by atomic mass is 19.4. The summed E-state index contributed by atoms with van der Waals surface area (Å²) in [5, 5.41) is 0. The second-order valence-corrected chi connectivity index (χ2v) is 5.39. The van der Waals surface area contributed by atoms with Crippen LogP contribution in [0.2, 0.25) is 0 Å². The van der Waals surface area contributed by atoms with Crippen molar-refractivity contribution < 1.29 is 22.7 Å². The third-order valence-electron chi connectivity index (χ3n) is 3.47. The summed E-state index contributed by atoms with van der Waals surface area (Å²) in [7, 11) is 1.28. The Bertz CT molecular complexity index is 326. The molecule has 8 heteroatoms. The van der Waals surface area contributed by atoms with Crippen LogP contribution in [0.5, 0.6) is 0 Å². The van der Waals surface area contributed by atoms with Crippen molar-refractivity contribution >= 4 is 5.97 Å². The molecule has 0 aromatic heterocycles. The van der Waals surface area contributed by atoms with Gasteiger partial charge in [0.15, 0.2) is 0 Å². The number of hydrogen-bond donors (Lipinski definition) is 1. The maximum Gasteiger partial charge on any atom is 0.401 e. The predicted molar refractivity (Wildman–Crippen MR) is 68.2 cm³/mol. The van der Waals surface area contributed by atoms with E-state index in [0.29, 0.717) is 39.1 Å². The summed E-state index contributed by atoms with van der Waals surface area (Å²) in [6.07, 6.45) is -3.73. The van der Waals surface area contributed by atoms with E-state index in [-0.39, 0.29) is 0 Å². The quantitative estimate of drug-likeness (QED) is 0.747. The van der Waals surface area contributed by atoms with E-state index in [1.165, 1.54) is 12.0 Å². The van der Waals surface area contributed by atoms with E-state index in [1.54, 1.807) is 6.92 Å². The van der Waals surface area contributed by atoms with E-state index in [2.05, 4.69) is 4.74 Å². The smallest absolute Gasteiger partial charge is 0.401 e. The summed E-state index contributed by atoms with van der Waals surface area (Å²) < 4.78 is 41.3. The number of ether oxygens (including phenoxy) is 1. The molecule has 0 spiro atoms. The third-order valence-corrected chi connectivity index (χ3v) is 3.47.